The van der Waals surface area contributed by atoms with Crippen molar-refractivity contribution in [2.45, 2.75) is 12.6 Å². The van der Waals surface area contributed by atoms with Crippen LogP contribution in [0.15, 0.2) is 48.5 Å². The second kappa shape index (κ2) is 7.24. The Bertz CT molecular complexity index is 858. The van der Waals surface area contributed by atoms with E-state index in [0.717, 1.165) is 0 Å². The topological polar surface area (TPSA) is 102 Å². The number of hydrogen-bond acceptors (Lipinski definition) is 6. The lowest BCUT2D eigenvalue weighted by atomic mass is 10.1. The Morgan fingerprint density at radius 1 is 1.30 bits per heavy atom. The third kappa shape index (κ3) is 3.70. The molecule has 1 atom stereocenters. The average Bonchev–Trinajstić information content (AvgIpc) is 2.67. The van der Waals surface area contributed by atoms with Crippen LogP contribution in [0.3, 0.4) is 0 Å². The van der Waals surface area contributed by atoms with Crippen LogP contribution in [0, 0.1) is 10.1 Å². The number of rotatable bonds is 4. The van der Waals surface area contributed by atoms with E-state index in [1.807, 2.05) is 37.1 Å². The molecule has 8 nitrogen and oxygen atoms in total. The van der Waals surface area contributed by atoms with Crippen LogP contribution >= 0.6 is 0 Å². The highest BCUT2D eigenvalue weighted by atomic mass is 16.6. The summed E-state index contributed by atoms with van der Waals surface area (Å²) in [6.45, 7) is 3.13. The van der Waals surface area contributed by atoms with Crippen LogP contribution in [0.4, 0.5) is 17.1 Å². The third-order valence-electron chi connectivity index (χ3n) is 4.87. The number of nitro benzene ring substituents is 1. The van der Waals surface area contributed by atoms with E-state index < -0.39 is 10.6 Å². The molecule has 1 saturated heterocycles. The molecule has 0 radical (unpaired) electrons. The molecule has 2 aromatic rings. The number of hydrogen-bond donors (Lipinski definition) is 1. The number of carbonyl (C=O) groups excluding carboxylic acids is 1. The number of nitro groups is 1. The van der Waals surface area contributed by atoms with Gasteiger partial charge in [0.15, 0.2) is 5.72 Å². The lowest BCUT2D eigenvalue weighted by Crippen LogP contribution is -2.60. The van der Waals surface area contributed by atoms with Gasteiger partial charge in [-0.05, 0) is 31.2 Å². The highest BCUT2D eigenvalue weighted by Gasteiger charge is 2.38. The van der Waals surface area contributed by atoms with E-state index in [-0.39, 0.29) is 17.3 Å². The van der Waals surface area contributed by atoms with Crippen molar-refractivity contribution in [3.63, 3.8) is 0 Å². The number of amides is 1. The molecule has 1 aliphatic heterocycles. The van der Waals surface area contributed by atoms with E-state index in [1.165, 1.54) is 6.07 Å². The van der Waals surface area contributed by atoms with Gasteiger partial charge >= 0.3 is 0 Å². The van der Waals surface area contributed by atoms with E-state index in [9.17, 15) is 14.9 Å². The summed E-state index contributed by atoms with van der Waals surface area (Å²) in [5.74, 6) is -0.0539. The number of ether oxygens (including phenoxy) is 1. The van der Waals surface area contributed by atoms with Crippen molar-refractivity contribution in [1.82, 2.24) is 4.90 Å². The van der Waals surface area contributed by atoms with Gasteiger partial charge in [-0.2, -0.15) is 0 Å². The van der Waals surface area contributed by atoms with E-state index in [1.54, 1.807) is 29.2 Å². The lowest BCUT2D eigenvalue weighted by molar-refractivity contribution is -0.383. The maximum Gasteiger partial charge on any atom is 0.292 e. The van der Waals surface area contributed by atoms with Gasteiger partial charge in [0.25, 0.3) is 11.6 Å². The predicted molar refractivity (Wildman–Crippen MR) is 103 cm³/mol. The first-order chi connectivity index (χ1) is 12.8. The van der Waals surface area contributed by atoms with Gasteiger partial charge in [-0.3, -0.25) is 14.9 Å². The molecule has 1 heterocycles. The first kappa shape index (κ1) is 18.7. The molecule has 0 aromatic heterocycles. The van der Waals surface area contributed by atoms with Crippen molar-refractivity contribution >= 4 is 23.0 Å². The monoisotopic (exact) mass is 370 g/mol. The van der Waals surface area contributed by atoms with Crippen molar-refractivity contribution in [3.05, 3.63) is 64.2 Å². The Morgan fingerprint density at radius 3 is 2.63 bits per heavy atom. The van der Waals surface area contributed by atoms with Gasteiger partial charge in [-0.1, -0.05) is 18.2 Å². The van der Waals surface area contributed by atoms with E-state index in [4.69, 9.17) is 10.5 Å². The number of benzene rings is 2. The van der Waals surface area contributed by atoms with Crippen molar-refractivity contribution in [1.29, 1.82) is 0 Å². The summed E-state index contributed by atoms with van der Waals surface area (Å²) in [6, 6.07) is 13.7. The SMILES string of the molecule is CN(c1ccc([N+](=O)[O-])c(N)c1)C1(C)CN(C(=O)c2ccccc2)CCO1. The second-order valence-electron chi connectivity index (χ2n) is 6.68. The molecular formula is C19H22N4O4. The number of anilines is 2. The molecule has 0 aliphatic carbocycles. The van der Waals surface area contributed by atoms with Crippen LogP contribution in [0.1, 0.15) is 17.3 Å². The number of nitrogens with two attached hydrogens (primary N) is 1. The molecule has 0 bridgehead atoms. The molecule has 8 heteroatoms. The molecule has 1 fully saturated rings. The van der Waals surface area contributed by atoms with Crippen molar-refractivity contribution in [2.75, 3.05) is 37.4 Å². The summed E-state index contributed by atoms with van der Waals surface area (Å²) in [7, 11) is 1.82. The van der Waals surface area contributed by atoms with Crippen LogP contribution < -0.4 is 10.6 Å². The zero-order chi connectivity index (χ0) is 19.6. The standard InChI is InChI=1S/C19H22N4O4/c1-19(21(2)15-8-9-17(23(25)26)16(20)12-15)13-22(10-11-27-19)18(24)14-6-4-3-5-7-14/h3-9,12H,10-11,13,20H2,1-2H3. The smallest absolute Gasteiger partial charge is 0.292 e. The highest BCUT2D eigenvalue weighted by molar-refractivity contribution is 5.94. The van der Waals surface area contributed by atoms with Gasteiger partial charge in [0.2, 0.25) is 0 Å². The molecule has 0 spiro atoms. The molecule has 1 amide bonds. The fourth-order valence-electron chi connectivity index (χ4n) is 3.18. The summed E-state index contributed by atoms with van der Waals surface area (Å²) in [6.07, 6.45) is 0. The summed E-state index contributed by atoms with van der Waals surface area (Å²) < 4.78 is 5.97. The highest BCUT2D eigenvalue weighted by Crippen LogP contribution is 2.32. The zero-order valence-electron chi connectivity index (χ0n) is 15.3. The number of carbonyl (C=O) groups is 1. The summed E-state index contributed by atoms with van der Waals surface area (Å²) in [4.78, 5) is 26.8. The summed E-state index contributed by atoms with van der Waals surface area (Å²) in [5, 5.41) is 11.0. The predicted octanol–water partition coefficient (Wildman–Crippen LogP) is 2.50. The van der Waals surface area contributed by atoms with Gasteiger partial charge < -0.3 is 20.3 Å². The van der Waals surface area contributed by atoms with E-state index in [2.05, 4.69) is 0 Å². The Kier molecular flexibility index (Phi) is 5.00. The molecule has 2 aromatic carbocycles. The third-order valence-corrected chi connectivity index (χ3v) is 4.87. The molecule has 3 rings (SSSR count). The maximum atomic E-state index is 12.8. The minimum atomic E-state index is -0.786. The van der Waals surface area contributed by atoms with Gasteiger partial charge in [0.1, 0.15) is 5.69 Å². The fraction of sp³-hybridized carbons (Fsp3) is 0.316. The zero-order valence-corrected chi connectivity index (χ0v) is 15.3. The van der Waals surface area contributed by atoms with Gasteiger partial charge in [-0.25, -0.2) is 0 Å². The quantitative estimate of drug-likeness (QED) is 0.504. The van der Waals surface area contributed by atoms with Crippen LogP contribution in [0.25, 0.3) is 0 Å². The van der Waals surface area contributed by atoms with Crippen molar-refractivity contribution < 1.29 is 14.5 Å². The van der Waals surface area contributed by atoms with Gasteiger partial charge in [-0.15, -0.1) is 0 Å². The van der Waals surface area contributed by atoms with Crippen molar-refractivity contribution in [3.8, 4) is 0 Å². The molecule has 1 aliphatic rings. The number of likely N-dealkylation sites (N-methyl/N-ethyl adjacent to an activating group) is 1. The van der Waals surface area contributed by atoms with Crippen LogP contribution in [-0.4, -0.2) is 48.2 Å². The summed E-state index contributed by atoms with van der Waals surface area (Å²) >= 11 is 0. The van der Waals surface area contributed by atoms with Gasteiger partial charge in [0.05, 0.1) is 18.1 Å². The first-order valence-electron chi connectivity index (χ1n) is 8.58. The number of nitrogen functional groups attached to an aromatic ring is 1. The Balaban J connectivity index is 1.81. The molecular weight excluding hydrogens is 348 g/mol. The van der Waals surface area contributed by atoms with Crippen LogP contribution in [0.2, 0.25) is 0 Å². The first-order valence-corrected chi connectivity index (χ1v) is 8.58. The fourth-order valence-corrected chi connectivity index (χ4v) is 3.18. The van der Waals surface area contributed by atoms with Crippen molar-refractivity contribution in [2.24, 2.45) is 0 Å². The normalized spacial score (nSPS) is 19.6. The molecule has 2 N–H and O–H groups in total. The van der Waals surface area contributed by atoms with E-state index >= 15 is 0 Å². The minimum Gasteiger partial charge on any atom is -0.393 e. The summed E-state index contributed by atoms with van der Waals surface area (Å²) in [5.41, 5.74) is 6.28. The van der Waals surface area contributed by atoms with Crippen LogP contribution in [0.5, 0.6) is 0 Å². The Labute approximate surface area is 157 Å². The Morgan fingerprint density at radius 2 is 2.00 bits per heavy atom. The lowest BCUT2D eigenvalue weighted by Gasteiger charge is -2.46. The average molecular weight is 370 g/mol. The van der Waals surface area contributed by atoms with Crippen LogP contribution in [-0.2, 0) is 4.74 Å². The van der Waals surface area contributed by atoms with E-state index in [0.29, 0.717) is 30.9 Å². The van der Waals surface area contributed by atoms with Gasteiger partial charge in [0, 0.05) is 30.9 Å². The second-order valence-corrected chi connectivity index (χ2v) is 6.68. The largest absolute Gasteiger partial charge is 0.393 e. The maximum absolute atomic E-state index is 12.8. The number of nitrogens with zero attached hydrogens (tertiary/aromatic N) is 3. The molecule has 27 heavy (non-hydrogen) atoms. The Hall–Kier alpha value is -3.13. The molecule has 142 valence electrons. The molecule has 1 unspecified atom stereocenters. The number of morpholine rings is 1. The molecule has 0 saturated carbocycles. The minimum absolute atomic E-state index is 0.0539.